The molecule has 1 heterocycles. The van der Waals surface area contributed by atoms with Crippen molar-refractivity contribution in [2.24, 2.45) is 10.7 Å². The maximum Gasteiger partial charge on any atom is 0.320 e. The van der Waals surface area contributed by atoms with Crippen molar-refractivity contribution >= 4 is 12.4 Å². The number of hydrogen-bond donors (Lipinski definition) is 1. The lowest BCUT2D eigenvalue weighted by atomic mass is 10.6. The van der Waals surface area contributed by atoms with Gasteiger partial charge in [0.25, 0.3) is 0 Å². The Morgan fingerprint density at radius 3 is 2.67 bits per heavy atom. The molecule has 0 atom stereocenters. The molecule has 0 aliphatic carbocycles. The van der Waals surface area contributed by atoms with Crippen molar-refractivity contribution < 1.29 is 10.3 Å². The molecule has 1 rings (SSSR count). The van der Waals surface area contributed by atoms with E-state index in [0.29, 0.717) is 13.1 Å². The van der Waals surface area contributed by atoms with Crippen LogP contribution in [0.5, 0.6) is 0 Å². The second-order valence-corrected chi connectivity index (χ2v) is 1.55. The fraction of sp³-hybridized carbons (Fsp3) is 0.500. The van der Waals surface area contributed by atoms with E-state index in [1.54, 1.807) is 0 Å². The number of primary amides is 1. The van der Waals surface area contributed by atoms with Gasteiger partial charge in [-0.2, -0.15) is 0 Å². The van der Waals surface area contributed by atoms with E-state index in [-0.39, 0.29) is 5.48 Å². The minimum absolute atomic E-state index is 0. The molecule has 4 N–H and O–H groups in total. The largest absolute Gasteiger partial charge is 0.412 e. The van der Waals surface area contributed by atoms with Crippen molar-refractivity contribution in [2.75, 3.05) is 13.1 Å². The zero-order chi connectivity index (χ0) is 5.98. The van der Waals surface area contributed by atoms with Gasteiger partial charge in [0.1, 0.15) is 0 Å². The first kappa shape index (κ1) is 7.90. The second-order valence-electron chi connectivity index (χ2n) is 1.55. The molecule has 0 spiro atoms. The maximum absolute atomic E-state index is 10.3. The Morgan fingerprint density at radius 1 is 1.78 bits per heavy atom. The zero-order valence-electron chi connectivity index (χ0n) is 4.87. The molecule has 52 valence electrons. The van der Waals surface area contributed by atoms with Crippen molar-refractivity contribution in [1.29, 1.82) is 0 Å². The summed E-state index contributed by atoms with van der Waals surface area (Å²) in [5.74, 6) is 0. The molecule has 0 fully saturated rings. The van der Waals surface area contributed by atoms with Crippen LogP contribution in [-0.4, -0.2) is 35.8 Å². The summed E-state index contributed by atoms with van der Waals surface area (Å²) in [5.41, 5.74) is 4.89. The minimum Gasteiger partial charge on any atom is -0.412 e. The minimum atomic E-state index is -0.425. The van der Waals surface area contributed by atoms with Crippen LogP contribution >= 0.6 is 0 Å². The third-order valence-corrected chi connectivity index (χ3v) is 0.974. The third kappa shape index (κ3) is 1.69. The number of aliphatic imine (C=N–C) groups is 1. The Balaban J connectivity index is 0.000000640. The van der Waals surface area contributed by atoms with Crippen LogP contribution in [0.3, 0.4) is 0 Å². The van der Waals surface area contributed by atoms with Crippen LogP contribution in [-0.2, 0) is 0 Å². The Bertz CT molecular complexity index is 134. The van der Waals surface area contributed by atoms with E-state index >= 15 is 0 Å². The molecule has 5 heteroatoms. The van der Waals surface area contributed by atoms with Crippen molar-refractivity contribution in [3.05, 3.63) is 0 Å². The first-order valence-corrected chi connectivity index (χ1v) is 2.37. The van der Waals surface area contributed by atoms with Crippen molar-refractivity contribution in [3.63, 3.8) is 0 Å². The highest BCUT2D eigenvalue weighted by Gasteiger charge is 2.08. The van der Waals surface area contributed by atoms with Crippen molar-refractivity contribution in [1.82, 2.24) is 4.90 Å². The van der Waals surface area contributed by atoms with E-state index in [4.69, 9.17) is 5.73 Å². The van der Waals surface area contributed by atoms with E-state index in [9.17, 15) is 4.79 Å². The molecule has 2 amide bonds. The Hall–Kier alpha value is -1.10. The number of carbonyl (C=O) groups excluding carboxylic acids is 1. The van der Waals surface area contributed by atoms with Gasteiger partial charge >= 0.3 is 6.03 Å². The number of nitrogens with two attached hydrogens (primary N) is 1. The molecule has 9 heavy (non-hydrogen) atoms. The molecule has 0 aromatic heterocycles. The lowest BCUT2D eigenvalue weighted by Crippen LogP contribution is -2.32. The summed E-state index contributed by atoms with van der Waals surface area (Å²) in [4.78, 5) is 15.4. The molecule has 1 aliphatic rings. The standard InChI is InChI=1S/C4H7N3O.H2O/c5-4(8)7-2-1-6-3-7;/h3H,1-2H2,(H2,5,8);1H2. The third-order valence-electron chi connectivity index (χ3n) is 0.974. The first-order chi connectivity index (χ1) is 3.80. The summed E-state index contributed by atoms with van der Waals surface area (Å²) in [6.07, 6.45) is 1.46. The molecule has 0 saturated carbocycles. The lowest BCUT2D eigenvalue weighted by Gasteiger charge is -2.04. The van der Waals surface area contributed by atoms with Crippen LogP contribution in [0.2, 0.25) is 0 Å². The van der Waals surface area contributed by atoms with E-state index in [2.05, 4.69) is 4.99 Å². The van der Waals surface area contributed by atoms with E-state index in [0.717, 1.165) is 0 Å². The molecular formula is C4H9N3O2. The number of rotatable bonds is 0. The molecule has 0 bridgehead atoms. The monoisotopic (exact) mass is 131 g/mol. The highest BCUT2D eigenvalue weighted by molar-refractivity contribution is 5.85. The molecule has 5 nitrogen and oxygen atoms in total. The van der Waals surface area contributed by atoms with Crippen LogP contribution in [0.25, 0.3) is 0 Å². The van der Waals surface area contributed by atoms with E-state index in [1.807, 2.05) is 0 Å². The topological polar surface area (TPSA) is 90.2 Å². The fourth-order valence-corrected chi connectivity index (χ4v) is 0.547. The van der Waals surface area contributed by atoms with Gasteiger partial charge in [-0.1, -0.05) is 0 Å². The Morgan fingerprint density at radius 2 is 2.44 bits per heavy atom. The SMILES string of the molecule is NC(=O)N1C=NCC1.O. The molecule has 0 aromatic rings. The van der Waals surface area contributed by atoms with Crippen LogP contribution in [0.1, 0.15) is 0 Å². The van der Waals surface area contributed by atoms with Gasteiger partial charge in [-0.05, 0) is 0 Å². The predicted octanol–water partition coefficient (Wildman–Crippen LogP) is -1.42. The van der Waals surface area contributed by atoms with Crippen molar-refractivity contribution in [2.45, 2.75) is 0 Å². The molecule has 0 unspecified atom stereocenters. The van der Waals surface area contributed by atoms with Gasteiger partial charge in [0.2, 0.25) is 0 Å². The second kappa shape index (κ2) is 3.03. The molecule has 0 radical (unpaired) electrons. The van der Waals surface area contributed by atoms with Gasteiger partial charge in [-0.25, -0.2) is 4.79 Å². The van der Waals surface area contributed by atoms with Crippen LogP contribution in [0, 0.1) is 0 Å². The highest BCUT2D eigenvalue weighted by Crippen LogP contribution is 1.89. The van der Waals surface area contributed by atoms with Gasteiger partial charge in [0.15, 0.2) is 0 Å². The van der Waals surface area contributed by atoms with Gasteiger partial charge in [-0.15, -0.1) is 0 Å². The summed E-state index contributed by atoms with van der Waals surface area (Å²) >= 11 is 0. The van der Waals surface area contributed by atoms with Crippen LogP contribution in [0.4, 0.5) is 4.79 Å². The summed E-state index contributed by atoms with van der Waals surface area (Å²) in [6.45, 7) is 1.32. The molecule has 0 saturated heterocycles. The van der Waals surface area contributed by atoms with Crippen LogP contribution in [0.15, 0.2) is 4.99 Å². The van der Waals surface area contributed by atoms with Gasteiger partial charge in [0, 0.05) is 6.54 Å². The van der Waals surface area contributed by atoms with Crippen LogP contribution < -0.4 is 5.73 Å². The summed E-state index contributed by atoms with van der Waals surface area (Å²) in [5, 5.41) is 0. The highest BCUT2D eigenvalue weighted by atomic mass is 16.2. The maximum atomic E-state index is 10.3. The molecular weight excluding hydrogens is 122 g/mol. The summed E-state index contributed by atoms with van der Waals surface area (Å²) in [7, 11) is 0. The summed E-state index contributed by atoms with van der Waals surface area (Å²) in [6, 6.07) is -0.425. The smallest absolute Gasteiger partial charge is 0.320 e. The lowest BCUT2D eigenvalue weighted by molar-refractivity contribution is 0.233. The van der Waals surface area contributed by atoms with E-state index in [1.165, 1.54) is 11.2 Å². The molecule has 1 aliphatic heterocycles. The summed E-state index contributed by atoms with van der Waals surface area (Å²) < 4.78 is 0. The molecule has 0 aromatic carbocycles. The van der Waals surface area contributed by atoms with E-state index < -0.39 is 6.03 Å². The number of nitrogens with zero attached hydrogens (tertiary/aromatic N) is 2. The zero-order valence-corrected chi connectivity index (χ0v) is 4.87. The van der Waals surface area contributed by atoms with Crippen molar-refractivity contribution in [3.8, 4) is 0 Å². The number of carbonyl (C=O) groups is 1. The number of hydrogen-bond acceptors (Lipinski definition) is 2. The number of amides is 2. The average Bonchev–Trinajstić information content (AvgIpc) is 2.12. The predicted molar refractivity (Wildman–Crippen MR) is 33.3 cm³/mol. The average molecular weight is 131 g/mol. The quantitative estimate of drug-likeness (QED) is 0.429. The number of urea groups is 1. The Labute approximate surface area is 52.5 Å². The first-order valence-electron chi connectivity index (χ1n) is 2.37. The Kier molecular flexibility index (Phi) is 2.66. The normalized spacial score (nSPS) is 15.3. The van der Waals surface area contributed by atoms with Gasteiger partial charge < -0.3 is 11.2 Å². The van der Waals surface area contributed by atoms with Gasteiger partial charge in [0.05, 0.1) is 12.9 Å². The van der Waals surface area contributed by atoms with Gasteiger partial charge in [-0.3, -0.25) is 9.89 Å². The fourth-order valence-electron chi connectivity index (χ4n) is 0.547.